The van der Waals surface area contributed by atoms with E-state index in [0.29, 0.717) is 12.1 Å². The molecule has 18 heavy (non-hydrogen) atoms. The Morgan fingerprint density at radius 1 is 1.44 bits per heavy atom. The molecule has 0 spiro atoms. The summed E-state index contributed by atoms with van der Waals surface area (Å²) >= 11 is 0. The van der Waals surface area contributed by atoms with Crippen LogP contribution in [0.15, 0.2) is 6.20 Å². The van der Waals surface area contributed by atoms with Crippen LogP contribution in [-0.4, -0.2) is 35.8 Å². The lowest BCUT2D eigenvalue weighted by Gasteiger charge is -2.13. The largest absolute Gasteiger partial charge is 0.376 e. The van der Waals surface area contributed by atoms with Gasteiger partial charge in [-0.15, -0.1) is 0 Å². The summed E-state index contributed by atoms with van der Waals surface area (Å²) in [6, 6.07) is 0. The van der Waals surface area contributed by atoms with Gasteiger partial charge in [-0.05, 0) is 26.2 Å². The zero-order valence-corrected chi connectivity index (χ0v) is 11.2. The van der Waals surface area contributed by atoms with E-state index >= 15 is 0 Å². The van der Waals surface area contributed by atoms with Crippen LogP contribution in [0.1, 0.15) is 31.7 Å². The fourth-order valence-corrected chi connectivity index (χ4v) is 1.96. The third-order valence-corrected chi connectivity index (χ3v) is 3.03. The van der Waals surface area contributed by atoms with Crippen LogP contribution < -0.4 is 10.6 Å². The number of ether oxygens (including phenoxy) is 1. The molecule has 1 fully saturated rings. The Bertz CT molecular complexity index is 377. The fourth-order valence-electron chi connectivity index (χ4n) is 1.96. The molecule has 1 aliphatic rings. The molecule has 5 nitrogen and oxygen atoms in total. The average Bonchev–Trinajstić information content (AvgIpc) is 2.89. The van der Waals surface area contributed by atoms with Crippen molar-refractivity contribution in [2.24, 2.45) is 0 Å². The Balaban J connectivity index is 1.92. The van der Waals surface area contributed by atoms with Gasteiger partial charge in [0.25, 0.3) is 0 Å². The van der Waals surface area contributed by atoms with Crippen LogP contribution in [0.4, 0.5) is 11.8 Å². The van der Waals surface area contributed by atoms with Gasteiger partial charge in [0, 0.05) is 31.5 Å². The lowest BCUT2D eigenvalue weighted by molar-refractivity contribution is 0.120. The topological polar surface area (TPSA) is 59.1 Å². The maximum absolute atomic E-state index is 5.59. The van der Waals surface area contributed by atoms with Gasteiger partial charge in [-0.25, -0.2) is 4.98 Å². The lowest BCUT2D eigenvalue weighted by atomic mass is 10.2. The van der Waals surface area contributed by atoms with Crippen LogP contribution in [0.2, 0.25) is 0 Å². The number of hydrogen-bond acceptors (Lipinski definition) is 5. The minimum atomic E-state index is 0.325. The fraction of sp³-hybridized carbons (Fsp3) is 0.692. The number of aromatic nitrogens is 2. The highest BCUT2D eigenvalue weighted by atomic mass is 16.5. The molecule has 0 aromatic carbocycles. The summed E-state index contributed by atoms with van der Waals surface area (Å²) in [7, 11) is 0. The van der Waals surface area contributed by atoms with Crippen molar-refractivity contribution in [3.63, 3.8) is 0 Å². The van der Waals surface area contributed by atoms with Crippen molar-refractivity contribution in [1.29, 1.82) is 0 Å². The third kappa shape index (κ3) is 3.57. The second-order valence-corrected chi connectivity index (χ2v) is 4.67. The second kappa shape index (κ2) is 6.54. The molecule has 1 aromatic heterocycles. The number of aryl methyl sites for hydroxylation is 1. The molecule has 0 saturated carbocycles. The van der Waals surface area contributed by atoms with Crippen LogP contribution in [0.5, 0.6) is 0 Å². The van der Waals surface area contributed by atoms with Crippen molar-refractivity contribution < 1.29 is 4.74 Å². The first kappa shape index (κ1) is 13.1. The Morgan fingerprint density at radius 2 is 2.33 bits per heavy atom. The first-order valence-corrected chi connectivity index (χ1v) is 6.72. The minimum Gasteiger partial charge on any atom is -0.376 e. The molecular formula is C13H22N4O. The van der Waals surface area contributed by atoms with E-state index in [-0.39, 0.29) is 0 Å². The zero-order chi connectivity index (χ0) is 12.8. The number of nitrogens with zero attached hydrogens (tertiary/aromatic N) is 2. The van der Waals surface area contributed by atoms with Gasteiger partial charge in [0.05, 0.1) is 6.10 Å². The van der Waals surface area contributed by atoms with Crippen molar-refractivity contribution in [1.82, 2.24) is 9.97 Å². The molecular weight excluding hydrogens is 228 g/mol. The molecule has 2 N–H and O–H groups in total. The van der Waals surface area contributed by atoms with Crippen LogP contribution in [0.3, 0.4) is 0 Å². The number of anilines is 2. The molecule has 1 saturated heterocycles. The lowest BCUT2D eigenvalue weighted by Crippen LogP contribution is -2.20. The van der Waals surface area contributed by atoms with Gasteiger partial charge in [-0.1, -0.05) is 6.92 Å². The van der Waals surface area contributed by atoms with E-state index in [0.717, 1.165) is 43.9 Å². The van der Waals surface area contributed by atoms with E-state index in [1.165, 1.54) is 6.42 Å². The molecule has 0 aliphatic carbocycles. The van der Waals surface area contributed by atoms with Crippen LogP contribution >= 0.6 is 0 Å². The van der Waals surface area contributed by atoms with Gasteiger partial charge in [0.2, 0.25) is 5.95 Å². The van der Waals surface area contributed by atoms with Crippen molar-refractivity contribution in [3.05, 3.63) is 11.8 Å². The predicted octanol–water partition coefficient (Wildman–Crippen LogP) is 2.20. The first-order valence-electron chi connectivity index (χ1n) is 6.72. The SMILES string of the molecule is CCCNc1ncc(C)c(NCC2CCCO2)n1. The molecule has 1 aromatic rings. The first-order chi connectivity index (χ1) is 8.79. The predicted molar refractivity (Wildman–Crippen MR) is 73.0 cm³/mol. The molecule has 5 heteroatoms. The van der Waals surface area contributed by atoms with Gasteiger partial charge in [0.1, 0.15) is 5.82 Å². The van der Waals surface area contributed by atoms with Crippen molar-refractivity contribution >= 4 is 11.8 Å². The number of nitrogens with one attached hydrogen (secondary N) is 2. The van der Waals surface area contributed by atoms with E-state index in [1.54, 1.807) is 0 Å². The monoisotopic (exact) mass is 250 g/mol. The molecule has 1 atom stereocenters. The highest BCUT2D eigenvalue weighted by Crippen LogP contribution is 2.16. The number of hydrogen-bond donors (Lipinski definition) is 2. The highest BCUT2D eigenvalue weighted by Gasteiger charge is 2.15. The summed E-state index contributed by atoms with van der Waals surface area (Å²) in [5.74, 6) is 1.59. The second-order valence-electron chi connectivity index (χ2n) is 4.67. The van der Waals surface area contributed by atoms with E-state index < -0.39 is 0 Å². The van der Waals surface area contributed by atoms with Crippen LogP contribution in [0.25, 0.3) is 0 Å². The van der Waals surface area contributed by atoms with E-state index in [4.69, 9.17) is 4.74 Å². The summed E-state index contributed by atoms with van der Waals surface area (Å²) in [5.41, 5.74) is 1.06. The van der Waals surface area contributed by atoms with E-state index in [9.17, 15) is 0 Å². The summed E-state index contributed by atoms with van der Waals surface area (Å²) in [6.45, 7) is 6.75. The molecule has 0 amide bonds. The Labute approximate surface area is 108 Å². The summed E-state index contributed by atoms with van der Waals surface area (Å²) < 4.78 is 5.59. The van der Waals surface area contributed by atoms with Crippen LogP contribution in [0, 0.1) is 6.92 Å². The van der Waals surface area contributed by atoms with Crippen molar-refractivity contribution in [2.75, 3.05) is 30.3 Å². The highest BCUT2D eigenvalue weighted by molar-refractivity contribution is 5.46. The maximum Gasteiger partial charge on any atom is 0.224 e. The van der Waals surface area contributed by atoms with Crippen molar-refractivity contribution in [2.45, 2.75) is 39.2 Å². The summed E-state index contributed by atoms with van der Waals surface area (Å²) in [6.07, 6.45) is 5.54. The molecule has 1 aliphatic heterocycles. The van der Waals surface area contributed by atoms with Gasteiger partial charge in [0.15, 0.2) is 0 Å². The molecule has 0 bridgehead atoms. The summed E-state index contributed by atoms with van der Waals surface area (Å²) in [5, 5.41) is 6.55. The average molecular weight is 250 g/mol. The quantitative estimate of drug-likeness (QED) is 0.810. The van der Waals surface area contributed by atoms with Gasteiger partial charge >= 0.3 is 0 Å². The number of rotatable bonds is 6. The maximum atomic E-state index is 5.59. The van der Waals surface area contributed by atoms with Crippen molar-refractivity contribution in [3.8, 4) is 0 Å². The Hall–Kier alpha value is -1.36. The third-order valence-electron chi connectivity index (χ3n) is 3.03. The molecule has 2 heterocycles. The normalized spacial score (nSPS) is 18.9. The molecule has 100 valence electrons. The van der Waals surface area contributed by atoms with Crippen LogP contribution in [-0.2, 0) is 4.74 Å². The molecule has 1 unspecified atom stereocenters. The molecule has 2 rings (SSSR count). The minimum absolute atomic E-state index is 0.325. The van der Waals surface area contributed by atoms with Gasteiger partial charge in [-0.2, -0.15) is 4.98 Å². The summed E-state index contributed by atoms with van der Waals surface area (Å²) in [4.78, 5) is 8.74. The standard InChI is InChI=1S/C13H22N4O/c1-3-6-14-13-16-8-10(2)12(17-13)15-9-11-5-4-7-18-11/h8,11H,3-7,9H2,1-2H3,(H2,14,15,16,17). The van der Waals surface area contributed by atoms with E-state index in [1.807, 2.05) is 13.1 Å². The smallest absolute Gasteiger partial charge is 0.224 e. The Morgan fingerprint density at radius 3 is 3.06 bits per heavy atom. The van der Waals surface area contributed by atoms with Gasteiger partial charge < -0.3 is 15.4 Å². The Kier molecular flexibility index (Phi) is 4.75. The van der Waals surface area contributed by atoms with E-state index in [2.05, 4.69) is 27.5 Å². The molecule has 0 radical (unpaired) electrons. The zero-order valence-electron chi connectivity index (χ0n) is 11.2. The van der Waals surface area contributed by atoms with Gasteiger partial charge in [-0.3, -0.25) is 0 Å².